The molecule has 72 valence electrons. The number of rotatable bonds is 1. The van der Waals surface area contributed by atoms with Crippen LogP contribution < -0.4 is 5.73 Å². The van der Waals surface area contributed by atoms with Gasteiger partial charge in [-0.1, -0.05) is 0 Å². The molecule has 0 saturated heterocycles. The van der Waals surface area contributed by atoms with Crippen LogP contribution in [0, 0.1) is 6.92 Å². The van der Waals surface area contributed by atoms with Gasteiger partial charge in [0.2, 0.25) is 0 Å². The van der Waals surface area contributed by atoms with Crippen LogP contribution >= 0.6 is 0 Å². The summed E-state index contributed by atoms with van der Waals surface area (Å²) in [5.41, 5.74) is 6.78. The smallest absolute Gasteiger partial charge is 0.0959 e. The zero-order valence-corrected chi connectivity index (χ0v) is 7.99. The van der Waals surface area contributed by atoms with Crippen LogP contribution in [0.5, 0.6) is 0 Å². The molecule has 13 heavy (non-hydrogen) atoms. The lowest BCUT2D eigenvalue weighted by Crippen LogP contribution is -2.49. The van der Waals surface area contributed by atoms with Gasteiger partial charge in [-0.15, -0.1) is 0 Å². The van der Waals surface area contributed by atoms with Crippen LogP contribution in [0.25, 0.3) is 0 Å². The molecule has 1 fully saturated rings. The number of aromatic nitrogens is 2. The van der Waals surface area contributed by atoms with Crippen molar-refractivity contribution in [1.29, 1.82) is 0 Å². The Balaban J connectivity index is 2.30. The Morgan fingerprint density at radius 1 is 1.69 bits per heavy atom. The topological polar surface area (TPSA) is 64.1 Å². The van der Waals surface area contributed by atoms with E-state index in [-0.39, 0.29) is 6.04 Å². The van der Waals surface area contributed by atoms with Crippen LogP contribution in [-0.2, 0) is 12.6 Å². The minimum absolute atomic E-state index is 0.143. The van der Waals surface area contributed by atoms with E-state index in [0.717, 1.165) is 11.3 Å². The Bertz CT molecular complexity index is 326. The molecule has 3 N–H and O–H groups in total. The van der Waals surface area contributed by atoms with Crippen molar-refractivity contribution in [1.82, 2.24) is 9.78 Å². The van der Waals surface area contributed by atoms with E-state index >= 15 is 0 Å². The van der Waals surface area contributed by atoms with E-state index in [2.05, 4.69) is 5.10 Å². The first-order valence-corrected chi connectivity index (χ1v) is 4.50. The molecule has 1 saturated carbocycles. The molecule has 0 amide bonds. The van der Waals surface area contributed by atoms with Crippen LogP contribution in [0.2, 0.25) is 0 Å². The van der Waals surface area contributed by atoms with E-state index in [1.54, 1.807) is 4.68 Å². The van der Waals surface area contributed by atoms with Crippen LogP contribution in [0.3, 0.4) is 0 Å². The van der Waals surface area contributed by atoms with E-state index in [0.29, 0.717) is 12.8 Å². The Kier molecular flexibility index (Phi) is 1.72. The quantitative estimate of drug-likeness (QED) is 0.643. The highest BCUT2D eigenvalue weighted by atomic mass is 16.3. The van der Waals surface area contributed by atoms with Crippen molar-refractivity contribution in [3.05, 3.63) is 17.5 Å². The van der Waals surface area contributed by atoms with E-state index in [1.165, 1.54) is 0 Å². The van der Waals surface area contributed by atoms with Gasteiger partial charge in [-0.2, -0.15) is 5.10 Å². The van der Waals surface area contributed by atoms with Crippen molar-refractivity contribution in [2.75, 3.05) is 0 Å². The molecule has 0 atom stereocenters. The fourth-order valence-corrected chi connectivity index (χ4v) is 2.08. The molecular weight excluding hydrogens is 166 g/mol. The van der Waals surface area contributed by atoms with Crippen molar-refractivity contribution in [2.24, 2.45) is 12.8 Å². The van der Waals surface area contributed by atoms with Crippen LogP contribution in [-0.4, -0.2) is 20.9 Å². The SMILES string of the molecule is Cc1nn(C)cc1C1(O)CC(N)C1. The number of nitrogens with zero attached hydrogens (tertiary/aromatic N) is 2. The van der Waals surface area contributed by atoms with E-state index in [1.807, 2.05) is 20.2 Å². The monoisotopic (exact) mass is 181 g/mol. The van der Waals surface area contributed by atoms with Crippen molar-refractivity contribution >= 4 is 0 Å². The van der Waals surface area contributed by atoms with Gasteiger partial charge in [-0.25, -0.2) is 0 Å². The molecule has 0 aliphatic heterocycles. The molecule has 1 aromatic rings. The Labute approximate surface area is 77.4 Å². The summed E-state index contributed by atoms with van der Waals surface area (Å²) in [6.07, 6.45) is 3.18. The van der Waals surface area contributed by atoms with Crippen molar-refractivity contribution < 1.29 is 5.11 Å². The summed E-state index contributed by atoms with van der Waals surface area (Å²) in [4.78, 5) is 0. The maximum Gasteiger partial charge on any atom is 0.0959 e. The lowest BCUT2D eigenvalue weighted by molar-refractivity contribution is -0.0528. The lowest BCUT2D eigenvalue weighted by atomic mass is 9.72. The third kappa shape index (κ3) is 1.26. The van der Waals surface area contributed by atoms with E-state index in [4.69, 9.17) is 5.73 Å². The molecule has 2 rings (SSSR count). The first kappa shape index (κ1) is 8.72. The molecule has 0 aromatic carbocycles. The number of aryl methyl sites for hydroxylation is 2. The summed E-state index contributed by atoms with van der Waals surface area (Å²) in [5, 5.41) is 14.3. The Hall–Kier alpha value is -0.870. The molecule has 1 aliphatic carbocycles. The molecule has 0 radical (unpaired) electrons. The first-order valence-electron chi connectivity index (χ1n) is 4.50. The Morgan fingerprint density at radius 3 is 2.69 bits per heavy atom. The lowest BCUT2D eigenvalue weighted by Gasteiger charge is -2.41. The molecular formula is C9H15N3O. The minimum Gasteiger partial charge on any atom is -0.385 e. The van der Waals surface area contributed by atoms with Crippen molar-refractivity contribution in [3.8, 4) is 0 Å². The van der Waals surface area contributed by atoms with E-state index in [9.17, 15) is 5.11 Å². The van der Waals surface area contributed by atoms with Crippen molar-refractivity contribution in [2.45, 2.75) is 31.4 Å². The van der Waals surface area contributed by atoms with Gasteiger partial charge in [0, 0.05) is 24.8 Å². The van der Waals surface area contributed by atoms with Gasteiger partial charge in [0.05, 0.1) is 11.3 Å². The predicted molar refractivity (Wildman–Crippen MR) is 49.1 cm³/mol. The third-order valence-corrected chi connectivity index (χ3v) is 2.71. The summed E-state index contributed by atoms with van der Waals surface area (Å²) < 4.78 is 1.73. The van der Waals surface area contributed by atoms with Gasteiger partial charge in [0.25, 0.3) is 0 Å². The normalized spacial score (nSPS) is 33.1. The van der Waals surface area contributed by atoms with Gasteiger partial charge < -0.3 is 10.8 Å². The summed E-state index contributed by atoms with van der Waals surface area (Å²) in [6.45, 7) is 1.91. The summed E-state index contributed by atoms with van der Waals surface area (Å²) in [7, 11) is 1.86. The predicted octanol–water partition coefficient (Wildman–Crippen LogP) is 0.0372. The zero-order valence-electron chi connectivity index (χ0n) is 7.99. The van der Waals surface area contributed by atoms with Gasteiger partial charge >= 0.3 is 0 Å². The molecule has 4 heteroatoms. The second-order valence-corrected chi connectivity index (χ2v) is 4.00. The van der Waals surface area contributed by atoms with Crippen molar-refractivity contribution in [3.63, 3.8) is 0 Å². The number of hydrogen-bond donors (Lipinski definition) is 2. The highest BCUT2D eigenvalue weighted by Gasteiger charge is 2.43. The van der Waals surface area contributed by atoms with E-state index < -0.39 is 5.60 Å². The number of aliphatic hydroxyl groups is 1. The largest absolute Gasteiger partial charge is 0.385 e. The number of hydrogen-bond acceptors (Lipinski definition) is 3. The maximum absolute atomic E-state index is 10.1. The third-order valence-electron chi connectivity index (χ3n) is 2.71. The summed E-state index contributed by atoms with van der Waals surface area (Å²) in [6, 6.07) is 0.143. The molecule has 4 nitrogen and oxygen atoms in total. The van der Waals surface area contributed by atoms with Crippen LogP contribution in [0.15, 0.2) is 6.20 Å². The van der Waals surface area contributed by atoms with Crippen LogP contribution in [0.4, 0.5) is 0 Å². The molecule has 0 unspecified atom stereocenters. The molecule has 0 spiro atoms. The van der Waals surface area contributed by atoms with Gasteiger partial charge in [-0.3, -0.25) is 4.68 Å². The molecule has 1 heterocycles. The fraction of sp³-hybridized carbons (Fsp3) is 0.667. The average molecular weight is 181 g/mol. The van der Waals surface area contributed by atoms with Gasteiger partial charge in [0.15, 0.2) is 0 Å². The molecule has 1 aromatic heterocycles. The Morgan fingerprint density at radius 2 is 2.31 bits per heavy atom. The summed E-state index contributed by atoms with van der Waals surface area (Å²) in [5.74, 6) is 0. The number of nitrogens with two attached hydrogens (primary N) is 1. The first-order chi connectivity index (χ1) is 6.01. The highest BCUT2D eigenvalue weighted by molar-refractivity contribution is 5.27. The highest BCUT2D eigenvalue weighted by Crippen LogP contribution is 2.41. The maximum atomic E-state index is 10.1. The standard InChI is InChI=1S/C9H15N3O/c1-6-8(5-12(2)11-6)9(13)3-7(10)4-9/h5,7,13H,3-4,10H2,1-2H3. The minimum atomic E-state index is -0.711. The summed E-state index contributed by atoms with van der Waals surface area (Å²) >= 11 is 0. The second-order valence-electron chi connectivity index (χ2n) is 4.00. The van der Waals surface area contributed by atoms with Gasteiger partial charge in [0.1, 0.15) is 0 Å². The molecule has 0 bridgehead atoms. The second kappa shape index (κ2) is 2.56. The van der Waals surface area contributed by atoms with Gasteiger partial charge in [-0.05, 0) is 19.8 Å². The molecule has 1 aliphatic rings. The fourth-order valence-electron chi connectivity index (χ4n) is 2.08. The van der Waals surface area contributed by atoms with Crippen LogP contribution in [0.1, 0.15) is 24.1 Å². The average Bonchev–Trinajstić information content (AvgIpc) is 2.27. The zero-order chi connectivity index (χ0) is 9.64.